The molecule has 0 aliphatic heterocycles. The van der Waals surface area contributed by atoms with E-state index >= 15 is 0 Å². The molecule has 0 spiro atoms. The van der Waals surface area contributed by atoms with Gasteiger partial charge in [-0.05, 0) is 67.7 Å². The van der Waals surface area contributed by atoms with E-state index in [9.17, 15) is 4.79 Å². The lowest BCUT2D eigenvalue weighted by atomic mass is 9.99. The molecule has 0 amide bonds. The van der Waals surface area contributed by atoms with Crippen molar-refractivity contribution in [1.82, 2.24) is 0 Å². The summed E-state index contributed by atoms with van der Waals surface area (Å²) in [4.78, 5) is 13.1. The molecule has 4 nitrogen and oxygen atoms in total. The third-order valence-electron chi connectivity index (χ3n) is 7.90. The maximum absolute atomic E-state index is 13.1. The second-order valence-electron chi connectivity index (χ2n) is 14.1. The molecule has 0 saturated heterocycles. The fourth-order valence-corrected chi connectivity index (χ4v) is 6.17. The van der Waals surface area contributed by atoms with Crippen LogP contribution in [0.4, 0.5) is 0 Å². The Bertz CT molecular complexity index is 608. The summed E-state index contributed by atoms with van der Waals surface area (Å²) < 4.78 is 19.4. The van der Waals surface area contributed by atoms with Crippen molar-refractivity contribution >= 4 is 30.9 Å². The van der Waals surface area contributed by atoms with Gasteiger partial charge in [0, 0.05) is 6.61 Å². The van der Waals surface area contributed by atoms with Crippen LogP contribution < -0.4 is 0 Å². The van der Waals surface area contributed by atoms with E-state index in [4.69, 9.17) is 13.3 Å². The van der Waals surface area contributed by atoms with Gasteiger partial charge in [-0.3, -0.25) is 4.79 Å². The number of hydrogen-bond acceptors (Lipinski definition) is 4. The zero-order valence-corrected chi connectivity index (χ0v) is 26.8. The van der Waals surface area contributed by atoms with Crippen molar-refractivity contribution in [3.05, 3.63) is 0 Å². The van der Waals surface area contributed by atoms with Gasteiger partial charge >= 0.3 is 0 Å². The molecular formula is C24H54O4Si3. The van der Waals surface area contributed by atoms with Gasteiger partial charge in [-0.15, -0.1) is 0 Å². The van der Waals surface area contributed by atoms with Crippen LogP contribution in [-0.2, 0) is 18.1 Å². The molecule has 7 heteroatoms. The smallest absolute Gasteiger partial charge is 0.295 e. The topological polar surface area (TPSA) is 44.8 Å². The number of carbonyl (C=O) groups excluding carboxylic acids is 1. The molecule has 0 bridgehead atoms. The summed E-state index contributed by atoms with van der Waals surface area (Å²) in [6.45, 7) is 35.9. The number of hydrogen-bond donors (Lipinski definition) is 0. The van der Waals surface area contributed by atoms with Crippen molar-refractivity contribution < 1.29 is 18.1 Å². The Hall–Kier alpha value is 0.0406. The monoisotopic (exact) mass is 490 g/mol. The second kappa shape index (κ2) is 9.72. The van der Waals surface area contributed by atoms with Gasteiger partial charge in [0.2, 0.25) is 0 Å². The summed E-state index contributed by atoms with van der Waals surface area (Å²) in [6, 6.07) is 0. The molecule has 0 aliphatic rings. The molecule has 0 radical (unpaired) electrons. The maximum Gasteiger partial charge on any atom is 0.295 e. The zero-order valence-electron chi connectivity index (χ0n) is 23.8. The molecular weight excluding hydrogens is 437 g/mol. The molecule has 31 heavy (non-hydrogen) atoms. The Morgan fingerprint density at radius 1 is 0.645 bits per heavy atom. The molecule has 0 fully saturated rings. The first-order valence-electron chi connectivity index (χ1n) is 11.8. The van der Waals surface area contributed by atoms with Gasteiger partial charge in [0.05, 0.1) is 12.0 Å². The fourth-order valence-electron chi connectivity index (χ4n) is 2.46. The second-order valence-corrected chi connectivity index (χ2v) is 28.3. The van der Waals surface area contributed by atoms with Crippen LogP contribution in [0.25, 0.3) is 0 Å². The highest BCUT2D eigenvalue weighted by molar-refractivity contribution is 6.75. The molecule has 1 unspecified atom stereocenters. The van der Waals surface area contributed by atoms with Crippen LogP contribution in [0.5, 0.6) is 0 Å². The van der Waals surface area contributed by atoms with Crippen LogP contribution in [0.2, 0.25) is 54.4 Å². The van der Waals surface area contributed by atoms with Gasteiger partial charge < -0.3 is 13.3 Å². The minimum atomic E-state index is -2.17. The normalized spacial score (nSPS) is 16.8. The van der Waals surface area contributed by atoms with Crippen molar-refractivity contribution in [3.8, 4) is 0 Å². The lowest BCUT2D eigenvalue weighted by Gasteiger charge is -2.45. The van der Waals surface area contributed by atoms with Gasteiger partial charge in [0.1, 0.15) is 0 Å². The van der Waals surface area contributed by atoms with Crippen LogP contribution in [0.3, 0.4) is 0 Å². The Labute approximate surface area is 197 Å². The predicted octanol–water partition coefficient (Wildman–Crippen LogP) is 8.12. The quantitative estimate of drug-likeness (QED) is 0.306. The first kappa shape index (κ1) is 31.0. The van der Waals surface area contributed by atoms with Crippen molar-refractivity contribution in [3.63, 3.8) is 0 Å². The lowest BCUT2D eigenvalue weighted by Crippen LogP contribution is -2.51. The first-order chi connectivity index (χ1) is 13.3. The van der Waals surface area contributed by atoms with Crippen molar-refractivity contribution in [2.75, 3.05) is 6.61 Å². The van der Waals surface area contributed by atoms with Crippen LogP contribution in [0.1, 0.15) is 82.1 Å². The van der Waals surface area contributed by atoms with E-state index in [0.29, 0.717) is 13.0 Å². The lowest BCUT2D eigenvalue weighted by molar-refractivity contribution is -0.140. The average Bonchev–Trinajstić information content (AvgIpc) is 2.40. The van der Waals surface area contributed by atoms with Crippen molar-refractivity contribution in [2.45, 2.75) is 142 Å². The van der Waals surface area contributed by atoms with Crippen molar-refractivity contribution in [1.29, 1.82) is 0 Å². The average molecular weight is 491 g/mol. The van der Waals surface area contributed by atoms with E-state index in [1.165, 1.54) is 0 Å². The number of carbonyl (C=O) groups is 1. The summed E-state index contributed by atoms with van der Waals surface area (Å²) in [5.41, 5.74) is -0.592. The maximum atomic E-state index is 13.1. The Balaban J connectivity index is 5.63. The highest BCUT2D eigenvalue weighted by Crippen LogP contribution is 2.42. The van der Waals surface area contributed by atoms with Gasteiger partial charge in [0.25, 0.3) is 14.3 Å². The Morgan fingerprint density at radius 2 is 1.03 bits per heavy atom. The molecule has 0 aliphatic carbocycles. The molecule has 0 saturated carbocycles. The summed E-state index contributed by atoms with van der Waals surface area (Å²) in [6.07, 6.45) is 0.964. The van der Waals surface area contributed by atoms with E-state index in [1.54, 1.807) is 0 Å². The highest BCUT2D eigenvalue weighted by Gasteiger charge is 2.46. The zero-order chi connectivity index (χ0) is 25.3. The minimum absolute atomic E-state index is 0.00913. The highest BCUT2D eigenvalue weighted by atomic mass is 28.4. The van der Waals surface area contributed by atoms with E-state index < -0.39 is 30.6 Å². The van der Waals surface area contributed by atoms with Crippen LogP contribution in [0, 0.1) is 0 Å². The van der Waals surface area contributed by atoms with Crippen LogP contribution in [0.15, 0.2) is 0 Å². The standard InChI is InChI=1S/C24H54O4Si3/c1-21(2,3)29(11,12)26-18-17-24(10,28-31(15,16)23(7,8)9)19-20(25)27-30(13,14)22(4,5)6/h17-19H2,1-16H3. The summed E-state index contributed by atoms with van der Waals surface area (Å²) >= 11 is 0. The molecule has 186 valence electrons. The van der Waals surface area contributed by atoms with Crippen molar-refractivity contribution in [2.24, 2.45) is 0 Å². The predicted molar refractivity (Wildman–Crippen MR) is 142 cm³/mol. The molecule has 0 heterocycles. The third-order valence-corrected chi connectivity index (χ3v) is 21.4. The third kappa shape index (κ3) is 9.07. The SMILES string of the molecule is CC(CCO[Si](C)(C)C(C)(C)C)(CC(=O)O[Si](C)(C)C(C)(C)C)O[Si](C)(C)C(C)(C)C. The van der Waals surface area contributed by atoms with E-state index in [-0.39, 0.29) is 27.5 Å². The van der Waals surface area contributed by atoms with Gasteiger partial charge in [0.15, 0.2) is 16.6 Å². The minimum Gasteiger partial charge on any atom is -0.519 e. The van der Waals surface area contributed by atoms with Crippen LogP contribution in [-0.4, -0.2) is 43.1 Å². The number of rotatable bonds is 9. The van der Waals surface area contributed by atoms with Gasteiger partial charge in [-0.2, -0.15) is 0 Å². The molecule has 0 aromatic rings. The summed E-state index contributed by atoms with van der Waals surface area (Å²) in [5.74, 6) is -0.139. The summed E-state index contributed by atoms with van der Waals surface area (Å²) in [5, 5.41) is 0.216. The largest absolute Gasteiger partial charge is 0.519 e. The molecule has 0 aromatic carbocycles. The van der Waals surface area contributed by atoms with Gasteiger partial charge in [-0.25, -0.2) is 0 Å². The van der Waals surface area contributed by atoms with E-state index in [1.807, 2.05) is 0 Å². The first-order valence-corrected chi connectivity index (χ1v) is 20.5. The molecule has 0 N–H and O–H groups in total. The molecule has 1 atom stereocenters. The van der Waals surface area contributed by atoms with Crippen LogP contribution >= 0.6 is 0 Å². The fraction of sp³-hybridized carbons (Fsp3) is 0.958. The summed E-state index contributed by atoms with van der Waals surface area (Å²) in [7, 11) is -6.10. The molecule has 0 rings (SSSR count). The Morgan fingerprint density at radius 3 is 1.39 bits per heavy atom. The van der Waals surface area contributed by atoms with E-state index in [0.717, 1.165) is 0 Å². The van der Waals surface area contributed by atoms with E-state index in [2.05, 4.69) is 109 Å². The van der Waals surface area contributed by atoms with Gasteiger partial charge in [-0.1, -0.05) is 62.3 Å². The Kier molecular flexibility index (Phi) is 9.74. The molecule has 0 aromatic heterocycles.